The maximum absolute atomic E-state index is 12.6. The molecule has 2 aliphatic carbocycles. The van der Waals surface area contributed by atoms with Crippen molar-refractivity contribution >= 4 is 29.0 Å². The number of nitrogens with zero attached hydrogens (tertiary/aromatic N) is 1. The lowest BCUT2D eigenvalue weighted by atomic mass is 9.81. The van der Waals surface area contributed by atoms with Gasteiger partial charge in [-0.2, -0.15) is 0 Å². The quantitative estimate of drug-likeness (QED) is 0.639. The summed E-state index contributed by atoms with van der Waals surface area (Å²) in [5.41, 5.74) is 5.92. The smallest absolute Gasteiger partial charge is 0.232 e. The highest BCUT2D eigenvalue weighted by molar-refractivity contribution is 7.80. The normalized spacial score (nSPS) is 32.5. The van der Waals surface area contributed by atoms with Crippen molar-refractivity contribution in [1.29, 1.82) is 0 Å². The highest BCUT2D eigenvalue weighted by atomic mass is 32.1. The molecule has 0 aromatic rings. The summed E-state index contributed by atoms with van der Waals surface area (Å²) in [6.07, 6.45) is 8.00. The van der Waals surface area contributed by atoms with E-state index in [0.717, 1.165) is 44.9 Å². The number of likely N-dealkylation sites (tertiary alicyclic amines) is 1. The Kier molecular flexibility index (Phi) is 3.80. The Morgan fingerprint density at radius 2 is 1.60 bits per heavy atom. The van der Waals surface area contributed by atoms with Crippen LogP contribution in [0.25, 0.3) is 0 Å². The third kappa shape index (κ3) is 2.26. The monoisotopic (exact) mass is 294 g/mol. The Morgan fingerprint density at radius 1 is 1.05 bits per heavy atom. The molecule has 0 radical (unpaired) electrons. The molecule has 1 saturated heterocycles. The van der Waals surface area contributed by atoms with Gasteiger partial charge in [0.25, 0.3) is 0 Å². The molecule has 4 nitrogen and oxygen atoms in total. The number of carbonyl (C=O) groups is 2. The first-order valence-electron chi connectivity index (χ1n) is 7.76. The Labute approximate surface area is 125 Å². The van der Waals surface area contributed by atoms with Gasteiger partial charge in [-0.05, 0) is 38.0 Å². The van der Waals surface area contributed by atoms with Crippen molar-refractivity contribution < 1.29 is 9.59 Å². The number of fused-ring (bicyclic) bond motifs is 2. The van der Waals surface area contributed by atoms with Gasteiger partial charge in [0.15, 0.2) is 0 Å². The summed E-state index contributed by atoms with van der Waals surface area (Å²) in [6, 6.07) is -0.339. The molecule has 3 atom stereocenters. The van der Waals surface area contributed by atoms with Crippen molar-refractivity contribution in [3.63, 3.8) is 0 Å². The summed E-state index contributed by atoms with van der Waals surface area (Å²) >= 11 is 5.21. The van der Waals surface area contributed by atoms with E-state index in [1.165, 1.54) is 11.3 Å². The first-order chi connectivity index (χ1) is 9.59. The minimum atomic E-state index is -0.339. The largest absolute Gasteiger partial charge is 0.392 e. The molecular formula is C15H22N2O2S. The fraction of sp³-hybridized carbons (Fsp3) is 0.800. The highest BCUT2D eigenvalue weighted by Crippen LogP contribution is 2.41. The first kappa shape index (κ1) is 14.0. The summed E-state index contributed by atoms with van der Waals surface area (Å²) in [7, 11) is 0. The van der Waals surface area contributed by atoms with Crippen LogP contribution in [0.15, 0.2) is 0 Å². The van der Waals surface area contributed by atoms with Crippen molar-refractivity contribution in [2.45, 2.75) is 57.4 Å². The van der Waals surface area contributed by atoms with Crippen LogP contribution in [0.3, 0.4) is 0 Å². The number of carbonyl (C=O) groups excluding carboxylic acids is 2. The Hall–Kier alpha value is -0.970. The van der Waals surface area contributed by atoms with Gasteiger partial charge in [-0.1, -0.05) is 31.5 Å². The van der Waals surface area contributed by atoms with Crippen LogP contribution in [0, 0.1) is 17.8 Å². The molecule has 3 aliphatic rings. The number of rotatable bonds is 3. The molecule has 20 heavy (non-hydrogen) atoms. The fourth-order valence-electron chi connectivity index (χ4n) is 4.23. The van der Waals surface area contributed by atoms with Crippen LogP contribution in [0.2, 0.25) is 0 Å². The van der Waals surface area contributed by atoms with Crippen LogP contribution in [0.4, 0.5) is 0 Å². The van der Waals surface area contributed by atoms with Gasteiger partial charge in [0.05, 0.1) is 11.0 Å². The molecule has 1 heterocycles. The van der Waals surface area contributed by atoms with E-state index in [1.54, 1.807) is 0 Å². The first-order valence-corrected chi connectivity index (χ1v) is 8.16. The molecule has 3 fully saturated rings. The van der Waals surface area contributed by atoms with Gasteiger partial charge >= 0.3 is 0 Å². The summed E-state index contributed by atoms with van der Waals surface area (Å²) < 4.78 is 0. The Balaban J connectivity index is 1.88. The zero-order valence-corrected chi connectivity index (χ0v) is 12.5. The van der Waals surface area contributed by atoms with Crippen LogP contribution in [-0.2, 0) is 9.59 Å². The van der Waals surface area contributed by atoms with Gasteiger partial charge in [-0.15, -0.1) is 0 Å². The van der Waals surface area contributed by atoms with Crippen molar-refractivity contribution in [3.05, 3.63) is 0 Å². The molecule has 0 spiro atoms. The molecule has 3 unspecified atom stereocenters. The molecule has 3 rings (SSSR count). The maximum Gasteiger partial charge on any atom is 0.232 e. The molecule has 0 aromatic heterocycles. The van der Waals surface area contributed by atoms with Gasteiger partial charge in [0.2, 0.25) is 11.8 Å². The van der Waals surface area contributed by atoms with Crippen LogP contribution in [0.5, 0.6) is 0 Å². The van der Waals surface area contributed by atoms with Crippen LogP contribution in [0.1, 0.15) is 51.4 Å². The number of imide groups is 1. The lowest BCUT2D eigenvalue weighted by Crippen LogP contribution is -2.58. The van der Waals surface area contributed by atoms with Crippen molar-refractivity contribution in [2.75, 3.05) is 0 Å². The third-order valence-electron chi connectivity index (χ3n) is 5.27. The van der Waals surface area contributed by atoms with Crippen molar-refractivity contribution in [2.24, 2.45) is 23.5 Å². The molecule has 2 saturated carbocycles. The Morgan fingerprint density at radius 3 is 2.10 bits per heavy atom. The van der Waals surface area contributed by atoms with E-state index in [0.29, 0.717) is 4.99 Å². The van der Waals surface area contributed by atoms with Gasteiger partial charge in [-0.25, -0.2) is 0 Å². The van der Waals surface area contributed by atoms with Gasteiger partial charge in [0, 0.05) is 11.8 Å². The zero-order chi connectivity index (χ0) is 14.3. The Bertz CT molecular complexity index is 423. The van der Waals surface area contributed by atoms with E-state index in [2.05, 4.69) is 0 Å². The van der Waals surface area contributed by atoms with E-state index in [9.17, 15) is 9.59 Å². The predicted molar refractivity (Wildman–Crippen MR) is 79.8 cm³/mol. The van der Waals surface area contributed by atoms with Crippen molar-refractivity contribution in [3.8, 4) is 0 Å². The van der Waals surface area contributed by atoms with Crippen LogP contribution >= 0.6 is 12.2 Å². The fourth-order valence-corrected chi connectivity index (χ4v) is 4.52. The van der Waals surface area contributed by atoms with E-state index in [-0.39, 0.29) is 35.6 Å². The second kappa shape index (κ2) is 5.43. The minimum absolute atomic E-state index is 0.0212. The predicted octanol–water partition coefficient (Wildman–Crippen LogP) is 2.01. The zero-order valence-electron chi connectivity index (χ0n) is 11.7. The summed E-state index contributed by atoms with van der Waals surface area (Å²) in [4.78, 5) is 26.9. The number of nitrogens with two attached hydrogens (primary N) is 1. The van der Waals surface area contributed by atoms with Gasteiger partial charge in [-0.3, -0.25) is 14.5 Å². The highest BCUT2D eigenvalue weighted by Gasteiger charge is 2.49. The summed E-state index contributed by atoms with van der Waals surface area (Å²) in [5, 5.41) is 0. The minimum Gasteiger partial charge on any atom is -0.392 e. The van der Waals surface area contributed by atoms with Crippen LogP contribution < -0.4 is 5.73 Å². The number of amides is 2. The molecule has 1 aliphatic heterocycles. The molecular weight excluding hydrogens is 272 g/mol. The summed E-state index contributed by atoms with van der Waals surface area (Å²) in [5.74, 6) is 0.280. The summed E-state index contributed by atoms with van der Waals surface area (Å²) in [6.45, 7) is 0. The topological polar surface area (TPSA) is 63.4 Å². The molecule has 2 N–H and O–H groups in total. The second-order valence-electron chi connectivity index (χ2n) is 6.50. The number of thiocarbonyl (C=S) groups is 1. The number of hydrogen-bond acceptors (Lipinski definition) is 3. The molecule has 0 aromatic carbocycles. The molecule has 2 amide bonds. The lowest BCUT2D eigenvalue weighted by molar-refractivity contribution is -0.155. The number of hydrogen-bond donors (Lipinski definition) is 1. The van der Waals surface area contributed by atoms with E-state index in [4.69, 9.17) is 18.0 Å². The van der Waals surface area contributed by atoms with Gasteiger partial charge in [0.1, 0.15) is 0 Å². The van der Waals surface area contributed by atoms with E-state index >= 15 is 0 Å². The SMILES string of the molecule is NC(=S)C(C1CCCCC1)N1C(=O)C2CCC(C2)C1=O. The third-order valence-corrected chi connectivity index (χ3v) is 5.51. The van der Waals surface area contributed by atoms with Crippen molar-refractivity contribution in [1.82, 2.24) is 4.90 Å². The van der Waals surface area contributed by atoms with Gasteiger partial charge < -0.3 is 5.73 Å². The second-order valence-corrected chi connectivity index (χ2v) is 6.97. The molecule has 2 bridgehead atoms. The average molecular weight is 294 g/mol. The maximum atomic E-state index is 12.6. The van der Waals surface area contributed by atoms with E-state index in [1.807, 2.05) is 0 Å². The molecule has 5 heteroatoms. The lowest BCUT2D eigenvalue weighted by Gasteiger charge is -2.40. The molecule has 110 valence electrons. The van der Waals surface area contributed by atoms with E-state index < -0.39 is 0 Å². The number of piperidine rings is 1. The van der Waals surface area contributed by atoms with Crippen LogP contribution in [-0.4, -0.2) is 27.7 Å². The standard InChI is InChI=1S/C15H22N2O2S/c16-13(20)12(9-4-2-1-3-5-9)17-14(18)10-6-7-11(8-10)15(17)19/h9-12H,1-8H2,(H2,16,20). The average Bonchev–Trinajstić information content (AvgIpc) is 2.89.